The Morgan fingerprint density at radius 2 is 1.78 bits per heavy atom. The molecule has 0 unspecified atom stereocenters. The summed E-state index contributed by atoms with van der Waals surface area (Å²) in [6.45, 7) is 7.14. The van der Waals surface area contributed by atoms with Crippen LogP contribution in [0, 0.1) is 0 Å². The first-order valence-corrected chi connectivity index (χ1v) is 11.9. The van der Waals surface area contributed by atoms with Crippen LogP contribution in [0.25, 0.3) is 10.2 Å². The number of anilines is 1. The molecule has 0 saturated carbocycles. The molecule has 0 aliphatic carbocycles. The van der Waals surface area contributed by atoms with Crippen molar-refractivity contribution in [1.82, 2.24) is 9.29 Å². The SMILES string of the molecule is CCCCN(CCCC)S(=O)(=O)c1ccc2nc(NC(=O)CCC)sc2c1. The molecule has 0 bridgehead atoms. The molecule has 1 amide bonds. The van der Waals surface area contributed by atoms with E-state index in [1.165, 1.54) is 11.3 Å². The van der Waals surface area contributed by atoms with Crippen LogP contribution in [0.5, 0.6) is 0 Å². The number of carbonyl (C=O) groups excluding carboxylic acids is 1. The summed E-state index contributed by atoms with van der Waals surface area (Å²) in [6, 6.07) is 4.99. The van der Waals surface area contributed by atoms with Crippen LogP contribution in [0.4, 0.5) is 5.13 Å². The fourth-order valence-corrected chi connectivity index (χ4v) is 5.24. The lowest BCUT2D eigenvalue weighted by atomic mass is 10.3. The van der Waals surface area contributed by atoms with Gasteiger partial charge in [0.15, 0.2) is 5.13 Å². The van der Waals surface area contributed by atoms with E-state index in [9.17, 15) is 13.2 Å². The maximum absolute atomic E-state index is 13.1. The molecule has 150 valence electrons. The Morgan fingerprint density at radius 3 is 2.37 bits per heavy atom. The molecule has 1 aromatic carbocycles. The normalized spacial score (nSPS) is 12.0. The number of hydrogen-bond donors (Lipinski definition) is 1. The lowest BCUT2D eigenvalue weighted by molar-refractivity contribution is -0.116. The largest absolute Gasteiger partial charge is 0.302 e. The van der Waals surface area contributed by atoms with E-state index in [1.54, 1.807) is 22.5 Å². The summed E-state index contributed by atoms with van der Waals surface area (Å²) in [5, 5.41) is 3.28. The van der Waals surface area contributed by atoms with Crippen molar-refractivity contribution in [2.24, 2.45) is 0 Å². The molecule has 0 fully saturated rings. The molecule has 1 aromatic heterocycles. The molecular weight excluding hydrogens is 382 g/mol. The first-order valence-electron chi connectivity index (χ1n) is 9.62. The number of rotatable bonds is 11. The predicted octanol–water partition coefficient (Wildman–Crippen LogP) is 4.63. The van der Waals surface area contributed by atoms with Gasteiger partial charge in [0.1, 0.15) is 0 Å². The number of unbranched alkanes of at least 4 members (excludes halogenated alkanes) is 2. The molecule has 0 atom stereocenters. The monoisotopic (exact) mass is 411 g/mol. The highest BCUT2D eigenvalue weighted by atomic mass is 32.2. The minimum absolute atomic E-state index is 0.0743. The van der Waals surface area contributed by atoms with E-state index in [0.29, 0.717) is 30.2 Å². The first kappa shape index (κ1) is 21.8. The van der Waals surface area contributed by atoms with Crippen LogP contribution in [0.1, 0.15) is 59.3 Å². The van der Waals surface area contributed by atoms with Gasteiger partial charge in [-0.15, -0.1) is 0 Å². The van der Waals surface area contributed by atoms with Gasteiger partial charge in [-0.3, -0.25) is 4.79 Å². The first-order chi connectivity index (χ1) is 12.9. The van der Waals surface area contributed by atoms with E-state index in [4.69, 9.17) is 0 Å². The molecule has 0 spiro atoms. The van der Waals surface area contributed by atoms with Crippen LogP contribution in [0.15, 0.2) is 23.1 Å². The van der Waals surface area contributed by atoms with Crippen molar-refractivity contribution in [2.45, 2.75) is 64.2 Å². The molecular formula is C19H29N3O3S2. The molecule has 0 aliphatic rings. The van der Waals surface area contributed by atoms with Crippen molar-refractivity contribution in [3.05, 3.63) is 18.2 Å². The van der Waals surface area contributed by atoms with E-state index < -0.39 is 10.0 Å². The molecule has 1 N–H and O–H groups in total. The Bertz CT molecular complexity index is 854. The lowest BCUT2D eigenvalue weighted by Gasteiger charge is -2.21. The Morgan fingerprint density at radius 1 is 1.11 bits per heavy atom. The Balaban J connectivity index is 2.28. The third-order valence-electron chi connectivity index (χ3n) is 4.24. The number of aromatic nitrogens is 1. The fourth-order valence-electron chi connectivity index (χ4n) is 2.70. The van der Waals surface area contributed by atoms with Gasteiger partial charge in [0.2, 0.25) is 15.9 Å². The average Bonchev–Trinajstić information content (AvgIpc) is 3.03. The zero-order valence-electron chi connectivity index (χ0n) is 16.3. The zero-order chi connectivity index (χ0) is 19.9. The fraction of sp³-hybridized carbons (Fsp3) is 0.579. The number of fused-ring (bicyclic) bond motifs is 1. The van der Waals surface area contributed by atoms with Crippen molar-refractivity contribution in [3.8, 4) is 0 Å². The predicted molar refractivity (Wildman–Crippen MR) is 112 cm³/mol. The lowest BCUT2D eigenvalue weighted by Crippen LogP contribution is -2.33. The van der Waals surface area contributed by atoms with Crippen LogP contribution < -0.4 is 5.32 Å². The van der Waals surface area contributed by atoms with Crippen LogP contribution in [0.2, 0.25) is 0 Å². The molecule has 2 rings (SSSR count). The molecule has 27 heavy (non-hydrogen) atoms. The van der Waals surface area contributed by atoms with Crippen molar-refractivity contribution in [3.63, 3.8) is 0 Å². The van der Waals surface area contributed by atoms with Crippen molar-refractivity contribution >= 4 is 42.6 Å². The second-order valence-electron chi connectivity index (χ2n) is 6.56. The van der Waals surface area contributed by atoms with Crippen LogP contribution >= 0.6 is 11.3 Å². The van der Waals surface area contributed by atoms with Gasteiger partial charge < -0.3 is 5.32 Å². The summed E-state index contributed by atoms with van der Waals surface area (Å²) in [7, 11) is -3.53. The number of benzene rings is 1. The molecule has 6 nitrogen and oxygen atoms in total. The number of nitrogens with zero attached hydrogens (tertiary/aromatic N) is 2. The van der Waals surface area contributed by atoms with Crippen molar-refractivity contribution in [2.75, 3.05) is 18.4 Å². The van der Waals surface area contributed by atoms with Crippen LogP contribution in [-0.2, 0) is 14.8 Å². The summed E-state index contributed by atoms with van der Waals surface area (Å²) < 4.78 is 28.5. The highest BCUT2D eigenvalue weighted by molar-refractivity contribution is 7.89. The smallest absolute Gasteiger partial charge is 0.243 e. The number of carbonyl (C=O) groups is 1. The highest BCUT2D eigenvalue weighted by Crippen LogP contribution is 2.29. The summed E-state index contributed by atoms with van der Waals surface area (Å²) in [5.74, 6) is -0.0743. The summed E-state index contributed by atoms with van der Waals surface area (Å²) in [6.07, 6.45) is 4.81. The second-order valence-corrected chi connectivity index (χ2v) is 9.53. The quantitative estimate of drug-likeness (QED) is 0.585. The van der Waals surface area contributed by atoms with Gasteiger partial charge in [0.25, 0.3) is 0 Å². The Hall–Kier alpha value is -1.51. The minimum Gasteiger partial charge on any atom is -0.302 e. The van der Waals surface area contributed by atoms with Crippen molar-refractivity contribution < 1.29 is 13.2 Å². The van der Waals surface area contributed by atoms with Crippen LogP contribution in [-0.4, -0.2) is 36.7 Å². The molecule has 2 aromatic rings. The van der Waals surface area contributed by atoms with E-state index in [-0.39, 0.29) is 10.8 Å². The number of thiazole rings is 1. The summed E-state index contributed by atoms with van der Waals surface area (Å²) in [5.41, 5.74) is 0.694. The van der Waals surface area contributed by atoms with Gasteiger partial charge in [0.05, 0.1) is 15.1 Å². The van der Waals surface area contributed by atoms with Gasteiger partial charge in [-0.25, -0.2) is 13.4 Å². The molecule has 1 heterocycles. The Labute approximate surface area is 166 Å². The van der Waals surface area contributed by atoms with Gasteiger partial charge in [-0.1, -0.05) is 44.9 Å². The number of hydrogen-bond acceptors (Lipinski definition) is 5. The third-order valence-corrected chi connectivity index (χ3v) is 7.07. The van der Waals surface area contributed by atoms with Gasteiger partial charge in [0, 0.05) is 19.5 Å². The van der Waals surface area contributed by atoms with Gasteiger partial charge in [-0.2, -0.15) is 4.31 Å². The average molecular weight is 412 g/mol. The molecule has 0 radical (unpaired) electrons. The highest BCUT2D eigenvalue weighted by Gasteiger charge is 2.24. The summed E-state index contributed by atoms with van der Waals surface area (Å²) >= 11 is 1.30. The number of sulfonamides is 1. The van der Waals surface area contributed by atoms with Gasteiger partial charge >= 0.3 is 0 Å². The van der Waals surface area contributed by atoms with E-state index in [1.807, 2.05) is 6.92 Å². The van der Waals surface area contributed by atoms with E-state index in [0.717, 1.165) is 36.8 Å². The van der Waals surface area contributed by atoms with Gasteiger partial charge in [-0.05, 0) is 37.5 Å². The number of amides is 1. The standard InChI is InChI=1S/C19H29N3O3S2/c1-4-7-12-22(13-8-5-2)27(24,25)15-10-11-16-17(14-15)26-19(20-16)21-18(23)9-6-3/h10-11,14H,4-9,12-13H2,1-3H3,(H,20,21,23). The molecule has 8 heteroatoms. The van der Waals surface area contributed by atoms with Crippen LogP contribution in [0.3, 0.4) is 0 Å². The minimum atomic E-state index is -3.53. The number of nitrogens with one attached hydrogen (secondary N) is 1. The molecule has 0 aliphatic heterocycles. The third kappa shape index (κ3) is 5.73. The van der Waals surface area contributed by atoms with E-state index in [2.05, 4.69) is 24.1 Å². The molecule has 0 saturated heterocycles. The maximum atomic E-state index is 13.1. The topological polar surface area (TPSA) is 79.4 Å². The Kier molecular flexibility index (Phi) is 8.19. The zero-order valence-corrected chi connectivity index (χ0v) is 18.0. The van der Waals surface area contributed by atoms with Crippen molar-refractivity contribution in [1.29, 1.82) is 0 Å². The van der Waals surface area contributed by atoms with E-state index >= 15 is 0 Å². The maximum Gasteiger partial charge on any atom is 0.243 e. The summed E-state index contributed by atoms with van der Waals surface area (Å²) in [4.78, 5) is 16.4. The second kappa shape index (κ2) is 10.1.